The Morgan fingerprint density at radius 2 is 2.47 bits per heavy atom. The maximum absolute atomic E-state index is 12.1. The molecule has 0 N–H and O–H groups in total. The van der Waals surface area contributed by atoms with Crippen molar-refractivity contribution in [1.29, 1.82) is 0 Å². The number of nitrogens with zero attached hydrogens (tertiary/aromatic N) is 2. The number of hydrogen-bond acceptors (Lipinski definition) is 3. The maximum Gasteiger partial charge on any atom is 0.228 e. The summed E-state index contributed by atoms with van der Waals surface area (Å²) in [5.74, 6) is 0.121. The summed E-state index contributed by atoms with van der Waals surface area (Å²) in [6.07, 6.45) is 2.07. The second-order valence-electron chi connectivity index (χ2n) is 4.16. The zero-order chi connectivity index (χ0) is 12.3. The molecule has 0 radical (unpaired) electrons. The molecule has 0 aliphatic carbocycles. The van der Waals surface area contributed by atoms with Crippen LogP contribution in [0.1, 0.15) is 12.6 Å². The van der Waals surface area contributed by atoms with Gasteiger partial charge < -0.3 is 9.64 Å². The molecule has 17 heavy (non-hydrogen) atoms. The molecule has 0 bridgehead atoms. The van der Waals surface area contributed by atoms with E-state index < -0.39 is 0 Å². The van der Waals surface area contributed by atoms with Gasteiger partial charge in [-0.15, -0.1) is 0 Å². The molecule has 0 spiro atoms. The van der Waals surface area contributed by atoms with E-state index >= 15 is 0 Å². The van der Waals surface area contributed by atoms with Crippen LogP contribution in [-0.4, -0.2) is 41.6 Å². The molecular formula is C12H15BrN2O2. The largest absolute Gasteiger partial charge is 0.377 e. The van der Waals surface area contributed by atoms with Gasteiger partial charge in [-0.05, 0) is 35.0 Å². The first kappa shape index (κ1) is 12.5. The molecule has 1 saturated heterocycles. The third kappa shape index (κ3) is 3.26. The highest BCUT2D eigenvalue weighted by Gasteiger charge is 2.23. The Bertz CT molecular complexity index is 394. The summed E-state index contributed by atoms with van der Waals surface area (Å²) in [5.41, 5.74) is 0.803. The number of carbonyl (C=O) groups excluding carboxylic acids is 1. The third-order valence-electron chi connectivity index (χ3n) is 2.81. The molecular weight excluding hydrogens is 284 g/mol. The lowest BCUT2D eigenvalue weighted by Gasteiger charge is -2.33. The van der Waals surface area contributed by atoms with E-state index in [1.165, 1.54) is 0 Å². The molecule has 0 saturated carbocycles. The fourth-order valence-electron chi connectivity index (χ4n) is 1.87. The number of aromatic nitrogens is 1. The summed E-state index contributed by atoms with van der Waals surface area (Å²) < 4.78 is 6.24. The van der Waals surface area contributed by atoms with Crippen LogP contribution in [0, 0.1) is 0 Å². The smallest absolute Gasteiger partial charge is 0.228 e. The average Bonchev–Trinajstić information content (AvgIpc) is 2.32. The van der Waals surface area contributed by atoms with Crippen LogP contribution in [0.3, 0.4) is 0 Å². The number of ether oxygens (including phenoxy) is 1. The van der Waals surface area contributed by atoms with Crippen molar-refractivity contribution in [3.05, 3.63) is 28.5 Å². The van der Waals surface area contributed by atoms with E-state index in [9.17, 15) is 4.79 Å². The van der Waals surface area contributed by atoms with Crippen molar-refractivity contribution in [3.8, 4) is 0 Å². The molecule has 2 heterocycles. The van der Waals surface area contributed by atoms with Crippen LogP contribution in [-0.2, 0) is 16.0 Å². The van der Waals surface area contributed by atoms with Crippen LogP contribution in [0.4, 0.5) is 0 Å². The molecule has 1 aliphatic heterocycles. The van der Waals surface area contributed by atoms with E-state index in [4.69, 9.17) is 4.74 Å². The fourth-order valence-corrected chi connectivity index (χ4v) is 2.10. The Morgan fingerprint density at radius 1 is 1.65 bits per heavy atom. The Hall–Kier alpha value is -0.940. The van der Waals surface area contributed by atoms with Crippen molar-refractivity contribution in [2.24, 2.45) is 0 Å². The maximum atomic E-state index is 12.1. The SMILES string of the molecule is CC1COCCN1C(=O)Cc1ccc(Br)cn1. The Morgan fingerprint density at radius 3 is 3.12 bits per heavy atom. The molecule has 4 nitrogen and oxygen atoms in total. The summed E-state index contributed by atoms with van der Waals surface area (Å²) >= 11 is 3.32. The van der Waals surface area contributed by atoms with E-state index in [2.05, 4.69) is 20.9 Å². The summed E-state index contributed by atoms with van der Waals surface area (Å²) in [6, 6.07) is 3.93. The predicted octanol–water partition coefficient (Wildman–Crippen LogP) is 1.63. The van der Waals surface area contributed by atoms with E-state index in [1.807, 2.05) is 24.0 Å². The molecule has 1 aliphatic rings. The van der Waals surface area contributed by atoms with E-state index in [0.717, 1.165) is 10.2 Å². The van der Waals surface area contributed by atoms with Crippen LogP contribution in [0.25, 0.3) is 0 Å². The summed E-state index contributed by atoms with van der Waals surface area (Å²) in [7, 11) is 0. The second kappa shape index (κ2) is 5.60. The topological polar surface area (TPSA) is 42.4 Å². The minimum absolute atomic E-state index is 0.121. The monoisotopic (exact) mass is 298 g/mol. The standard InChI is InChI=1S/C12H15BrN2O2/c1-9-8-17-5-4-15(9)12(16)6-11-3-2-10(13)7-14-11/h2-3,7,9H,4-6,8H2,1H3. The van der Waals surface area contributed by atoms with Crippen molar-refractivity contribution in [2.75, 3.05) is 19.8 Å². The van der Waals surface area contributed by atoms with E-state index in [0.29, 0.717) is 26.2 Å². The van der Waals surface area contributed by atoms with Gasteiger partial charge in [0.15, 0.2) is 0 Å². The molecule has 1 aromatic rings. The van der Waals surface area contributed by atoms with Gasteiger partial charge in [-0.1, -0.05) is 0 Å². The van der Waals surface area contributed by atoms with Crippen LogP contribution in [0.5, 0.6) is 0 Å². The number of hydrogen-bond donors (Lipinski definition) is 0. The Balaban J connectivity index is 1.98. The lowest BCUT2D eigenvalue weighted by atomic mass is 10.2. The van der Waals surface area contributed by atoms with E-state index in [-0.39, 0.29) is 11.9 Å². The first-order valence-electron chi connectivity index (χ1n) is 5.64. The van der Waals surface area contributed by atoms with Crippen molar-refractivity contribution >= 4 is 21.8 Å². The second-order valence-corrected chi connectivity index (χ2v) is 5.07. The third-order valence-corrected chi connectivity index (χ3v) is 3.28. The molecule has 1 amide bonds. The van der Waals surface area contributed by atoms with Crippen LogP contribution in [0.15, 0.2) is 22.8 Å². The fraction of sp³-hybridized carbons (Fsp3) is 0.500. The van der Waals surface area contributed by atoms with Gasteiger partial charge >= 0.3 is 0 Å². The average molecular weight is 299 g/mol. The van der Waals surface area contributed by atoms with Crippen LogP contribution >= 0.6 is 15.9 Å². The first-order chi connectivity index (χ1) is 8.16. The zero-order valence-electron chi connectivity index (χ0n) is 9.73. The molecule has 1 fully saturated rings. The lowest BCUT2D eigenvalue weighted by molar-refractivity contribution is -0.138. The Kier molecular flexibility index (Phi) is 4.12. The van der Waals surface area contributed by atoms with Gasteiger partial charge in [-0.2, -0.15) is 0 Å². The number of rotatable bonds is 2. The highest BCUT2D eigenvalue weighted by Crippen LogP contribution is 2.11. The normalized spacial score (nSPS) is 20.4. The molecule has 0 aromatic carbocycles. The minimum Gasteiger partial charge on any atom is -0.377 e. The number of halogens is 1. The quantitative estimate of drug-likeness (QED) is 0.833. The zero-order valence-corrected chi connectivity index (χ0v) is 11.3. The molecule has 2 rings (SSSR count). The molecule has 1 aromatic heterocycles. The van der Waals surface area contributed by atoms with Gasteiger partial charge in [-0.3, -0.25) is 9.78 Å². The lowest BCUT2D eigenvalue weighted by Crippen LogP contribution is -2.47. The van der Waals surface area contributed by atoms with Gasteiger partial charge in [0.1, 0.15) is 0 Å². The highest BCUT2D eigenvalue weighted by atomic mass is 79.9. The molecule has 1 unspecified atom stereocenters. The van der Waals surface area contributed by atoms with Gasteiger partial charge in [0, 0.05) is 22.9 Å². The van der Waals surface area contributed by atoms with Gasteiger partial charge in [0.25, 0.3) is 0 Å². The van der Waals surface area contributed by atoms with Crippen molar-refractivity contribution < 1.29 is 9.53 Å². The predicted molar refractivity (Wildman–Crippen MR) is 67.6 cm³/mol. The summed E-state index contributed by atoms with van der Waals surface area (Å²) in [5, 5.41) is 0. The summed E-state index contributed by atoms with van der Waals surface area (Å²) in [6.45, 7) is 3.94. The van der Waals surface area contributed by atoms with E-state index in [1.54, 1.807) is 6.20 Å². The number of carbonyl (C=O) groups is 1. The molecule has 1 atom stereocenters. The van der Waals surface area contributed by atoms with Crippen LogP contribution < -0.4 is 0 Å². The van der Waals surface area contributed by atoms with Crippen molar-refractivity contribution in [2.45, 2.75) is 19.4 Å². The molecule has 92 valence electrons. The van der Waals surface area contributed by atoms with Gasteiger partial charge in [0.2, 0.25) is 5.91 Å². The Labute approximate surface area is 109 Å². The van der Waals surface area contributed by atoms with Crippen molar-refractivity contribution in [3.63, 3.8) is 0 Å². The number of morpholine rings is 1. The molecule has 5 heteroatoms. The van der Waals surface area contributed by atoms with Crippen LogP contribution in [0.2, 0.25) is 0 Å². The number of pyridine rings is 1. The summed E-state index contributed by atoms with van der Waals surface area (Å²) in [4.78, 5) is 18.2. The number of amides is 1. The highest BCUT2D eigenvalue weighted by molar-refractivity contribution is 9.10. The first-order valence-corrected chi connectivity index (χ1v) is 6.44. The van der Waals surface area contributed by atoms with Gasteiger partial charge in [-0.25, -0.2) is 0 Å². The van der Waals surface area contributed by atoms with Gasteiger partial charge in [0.05, 0.1) is 25.7 Å². The van der Waals surface area contributed by atoms with Crippen molar-refractivity contribution in [1.82, 2.24) is 9.88 Å². The minimum atomic E-state index is 0.121.